The van der Waals surface area contributed by atoms with Crippen LogP contribution in [0.2, 0.25) is 0 Å². The smallest absolute Gasteiger partial charge is 0.176 e. The van der Waals surface area contributed by atoms with Crippen LogP contribution in [0, 0.1) is 0 Å². The van der Waals surface area contributed by atoms with Gasteiger partial charge in [-0.05, 0) is 50.7 Å². The van der Waals surface area contributed by atoms with E-state index in [1.165, 1.54) is 11.3 Å². The molecule has 1 aliphatic rings. The highest BCUT2D eigenvalue weighted by atomic mass is 16.1. The van der Waals surface area contributed by atoms with Gasteiger partial charge in [-0.3, -0.25) is 4.79 Å². The average Bonchev–Trinajstić information content (AvgIpc) is 2.27. The molecule has 0 atom stereocenters. The van der Waals surface area contributed by atoms with Crippen molar-refractivity contribution in [3.05, 3.63) is 29.3 Å². The van der Waals surface area contributed by atoms with Gasteiger partial charge in [-0.1, -0.05) is 0 Å². The van der Waals surface area contributed by atoms with E-state index >= 15 is 0 Å². The number of nitrogens with one attached hydrogen (secondary N) is 1. The van der Waals surface area contributed by atoms with Gasteiger partial charge in [-0.15, -0.1) is 0 Å². The molecule has 2 rings (SSSR count). The number of anilines is 1. The third-order valence-electron chi connectivity index (χ3n) is 2.83. The van der Waals surface area contributed by atoms with Crippen LogP contribution >= 0.6 is 0 Å². The Kier molecular flexibility index (Phi) is 3.25. The molecule has 0 saturated carbocycles. The van der Waals surface area contributed by atoms with Gasteiger partial charge in [0.15, 0.2) is 5.78 Å². The standard InChI is InChI=1S/C13H18N2O/c1-15(2)9-13(16)11-5-6-12-10(8-11)4-3-7-14-12/h5-6,8,14H,3-4,7,9H2,1-2H3. The van der Waals surface area contributed by atoms with E-state index in [0.29, 0.717) is 6.54 Å². The van der Waals surface area contributed by atoms with Crippen LogP contribution in [0.1, 0.15) is 22.3 Å². The number of hydrogen-bond donors (Lipinski definition) is 1. The van der Waals surface area contributed by atoms with Crippen LogP contribution < -0.4 is 5.32 Å². The minimum absolute atomic E-state index is 0.193. The van der Waals surface area contributed by atoms with E-state index < -0.39 is 0 Å². The van der Waals surface area contributed by atoms with Gasteiger partial charge in [0.2, 0.25) is 0 Å². The zero-order valence-electron chi connectivity index (χ0n) is 9.92. The van der Waals surface area contributed by atoms with Gasteiger partial charge in [0.05, 0.1) is 6.54 Å². The number of hydrogen-bond acceptors (Lipinski definition) is 3. The molecule has 0 radical (unpaired) electrons. The lowest BCUT2D eigenvalue weighted by molar-refractivity contribution is 0.0958. The van der Waals surface area contributed by atoms with Crippen LogP contribution in [0.3, 0.4) is 0 Å². The molecule has 0 fully saturated rings. The molecule has 0 bridgehead atoms. The topological polar surface area (TPSA) is 32.3 Å². The van der Waals surface area contributed by atoms with Crippen molar-refractivity contribution in [3.8, 4) is 0 Å². The Bertz CT molecular complexity index is 399. The maximum Gasteiger partial charge on any atom is 0.176 e. The third kappa shape index (κ3) is 2.42. The first-order chi connectivity index (χ1) is 7.66. The zero-order valence-corrected chi connectivity index (χ0v) is 9.92. The van der Waals surface area contributed by atoms with Crippen LogP contribution in [0.15, 0.2) is 18.2 Å². The second-order valence-corrected chi connectivity index (χ2v) is 4.56. The molecule has 1 aromatic rings. The fourth-order valence-corrected chi connectivity index (χ4v) is 2.03. The van der Waals surface area contributed by atoms with Gasteiger partial charge in [-0.2, -0.15) is 0 Å². The first kappa shape index (κ1) is 11.1. The van der Waals surface area contributed by atoms with Crippen molar-refractivity contribution in [1.82, 2.24) is 4.90 Å². The monoisotopic (exact) mass is 218 g/mol. The molecule has 0 spiro atoms. The number of carbonyl (C=O) groups is 1. The van der Waals surface area contributed by atoms with Crippen molar-refractivity contribution in [1.29, 1.82) is 0 Å². The summed E-state index contributed by atoms with van der Waals surface area (Å²) >= 11 is 0. The molecule has 0 aliphatic carbocycles. The fraction of sp³-hybridized carbons (Fsp3) is 0.462. The highest BCUT2D eigenvalue weighted by Crippen LogP contribution is 2.23. The molecule has 16 heavy (non-hydrogen) atoms. The van der Waals surface area contributed by atoms with Crippen LogP contribution in [-0.4, -0.2) is 37.9 Å². The second kappa shape index (κ2) is 4.66. The third-order valence-corrected chi connectivity index (χ3v) is 2.83. The largest absolute Gasteiger partial charge is 0.385 e. The molecule has 3 nitrogen and oxygen atoms in total. The SMILES string of the molecule is CN(C)CC(=O)c1ccc2c(c1)CCCN2. The van der Waals surface area contributed by atoms with Crippen molar-refractivity contribution < 1.29 is 4.79 Å². The highest BCUT2D eigenvalue weighted by Gasteiger charge is 2.12. The summed E-state index contributed by atoms with van der Waals surface area (Å²) in [4.78, 5) is 13.8. The predicted octanol–water partition coefficient (Wildman–Crippen LogP) is 1.79. The number of Topliss-reactive ketones (excluding diaryl/α,β-unsaturated/α-hetero) is 1. The van der Waals surface area contributed by atoms with Crippen LogP contribution in [-0.2, 0) is 6.42 Å². The lowest BCUT2D eigenvalue weighted by Crippen LogP contribution is -2.22. The first-order valence-electron chi connectivity index (χ1n) is 5.71. The Morgan fingerprint density at radius 1 is 1.44 bits per heavy atom. The predicted molar refractivity (Wildman–Crippen MR) is 66.1 cm³/mol. The summed E-state index contributed by atoms with van der Waals surface area (Å²) in [5, 5.41) is 3.35. The lowest BCUT2D eigenvalue weighted by atomic mass is 9.99. The van der Waals surface area contributed by atoms with Gasteiger partial charge in [-0.25, -0.2) is 0 Å². The highest BCUT2D eigenvalue weighted by molar-refractivity contribution is 5.98. The number of fused-ring (bicyclic) bond motifs is 1. The lowest BCUT2D eigenvalue weighted by Gasteiger charge is -2.18. The Hall–Kier alpha value is -1.35. The maximum atomic E-state index is 11.9. The van der Waals surface area contributed by atoms with E-state index in [4.69, 9.17) is 0 Å². The molecular formula is C13H18N2O. The molecule has 1 aromatic carbocycles. The number of benzene rings is 1. The van der Waals surface area contributed by atoms with Crippen molar-refractivity contribution in [2.75, 3.05) is 32.5 Å². The Labute approximate surface area is 96.5 Å². The van der Waals surface area contributed by atoms with E-state index in [0.717, 1.165) is 24.9 Å². The molecule has 1 heterocycles. The molecular weight excluding hydrogens is 200 g/mol. The van der Waals surface area contributed by atoms with Crippen LogP contribution in [0.25, 0.3) is 0 Å². The maximum absolute atomic E-state index is 11.9. The van der Waals surface area contributed by atoms with E-state index in [2.05, 4.69) is 5.32 Å². The van der Waals surface area contributed by atoms with E-state index in [1.807, 2.05) is 37.2 Å². The molecule has 0 unspecified atom stereocenters. The fourth-order valence-electron chi connectivity index (χ4n) is 2.03. The number of likely N-dealkylation sites (N-methyl/N-ethyl adjacent to an activating group) is 1. The van der Waals surface area contributed by atoms with Gasteiger partial charge >= 0.3 is 0 Å². The summed E-state index contributed by atoms with van der Waals surface area (Å²) in [5.74, 6) is 0.193. The summed E-state index contributed by atoms with van der Waals surface area (Å²) < 4.78 is 0. The summed E-state index contributed by atoms with van der Waals surface area (Å²) in [6, 6.07) is 5.98. The van der Waals surface area contributed by atoms with Gasteiger partial charge in [0.25, 0.3) is 0 Å². The average molecular weight is 218 g/mol. The van der Waals surface area contributed by atoms with Crippen molar-refractivity contribution in [2.24, 2.45) is 0 Å². The molecule has 86 valence electrons. The number of aryl methyl sites for hydroxylation is 1. The number of nitrogens with zero attached hydrogens (tertiary/aromatic N) is 1. The first-order valence-corrected chi connectivity index (χ1v) is 5.71. The van der Waals surface area contributed by atoms with Gasteiger partial charge < -0.3 is 10.2 Å². The minimum atomic E-state index is 0.193. The summed E-state index contributed by atoms with van der Waals surface area (Å²) in [7, 11) is 3.83. The van der Waals surface area contributed by atoms with Crippen LogP contribution in [0.4, 0.5) is 5.69 Å². The van der Waals surface area contributed by atoms with Crippen molar-refractivity contribution in [3.63, 3.8) is 0 Å². The van der Waals surface area contributed by atoms with Gasteiger partial charge in [0.1, 0.15) is 0 Å². The number of rotatable bonds is 3. The molecule has 3 heteroatoms. The molecule has 1 aliphatic heterocycles. The molecule has 0 amide bonds. The molecule has 0 saturated heterocycles. The van der Waals surface area contributed by atoms with Crippen molar-refractivity contribution in [2.45, 2.75) is 12.8 Å². The normalized spacial score (nSPS) is 14.4. The zero-order chi connectivity index (χ0) is 11.5. The number of carbonyl (C=O) groups excluding carboxylic acids is 1. The Balaban J connectivity index is 2.19. The molecule has 0 aromatic heterocycles. The Morgan fingerprint density at radius 3 is 3.00 bits per heavy atom. The van der Waals surface area contributed by atoms with E-state index in [9.17, 15) is 4.79 Å². The van der Waals surface area contributed by atoms with Crippen molar-refractivity contribution >= 4 is 11.5 Å². The number of ketones is 1. The second-order valence-electron chi connectivity index (χ2n) is 4.56. The van der Waals surface area contributed by atoms with E-state index in [1.54, 1.807) is 0 Å². The summed E-state index contributed by atoms with van der Waals surface area (Å²) in [5.41, 5.74) is 3.29. The van der Waals surface area contributed by atoms with Crippen LogP contribution in [0.5, 0.6) is 0 Å². The van der Waals surface area contributed by atoms with Gasteiger partial charge in [0, 0.05) is 17.8 Å². The summed E-state index contributed by atoms with van der Waals surface area (Å²) in [6.07, 6.45) is 2.23. The van der Waals surface area contributed by atoms with E-state index in [-0.39, 0.29) is 5.78 Å². The Morgan fingerprint density at radius 2 is 2.25 bits per heavy atom. The summed E-state index contributed by atoms with van der Waals surface area (Å²) in [6.45, 7) is 1.52. The minimum Gasteiger partial charge on any atom is -0.385 e. The quantitative estimate of drug-likeness (QED) is 0.785. The molecule has 1 N–H and O–H groups in total.